The molecule has 3 rings (SSSR count). The first-order valence-electron chi connectivity index (χ1n) is 11.2. The molecule has 1 aromatic heterocycles. The van der Waals surface area contributed by atoms with Crippen LogP contribution in [0.25, 0.3) is 12.2 Å². The molecule has 0 saturated carbocycles. The van der Waals surface area contributed by atoms with Crippen molar-refractivity contribution >= 4 is 12.2 Å². The van der Waals surface area contributed by atoms with Crippen molar-refractivity contribution in [2.24, 2.45) is 0 Å². The highest BCUT2D eigenvalue weighted by Crippen LogP contribution is 2.36. The normalized spacial score (nSPS) is 17.2. The molecule has 0 unspecified atom stereocenters. The number of H-pyrrole nitrogens is 1. The SMILES string of the molecule is CCCC(=Cc1c[nH]c2c1C=C(C1=C(C)OCC(C)=C1C)C=C(C)CC2)CCC. The van der Waals surface area contributed by atoms with Crippen molar-refractivity contribution in [2.45, 2.75) is 80.1 Å². The molecule has 0 fully saturated rings. The molecule has 0 bridgehead atoms. The van der Waals surface area contributed by atoms with Crippen molar-refractivity contribution in [3.8, 4) is 0 Å². The number of fused-ring (bicyclic) bond motifs is 1. The quantitative estimate of drug-likeness (QED) is 0.523. The number of aryl methyl sites for hydroxylation is 1. The van der Waals surface area contributed by atoms with E-state index in [-0.39, 0.29) is 0 Å². The number of hydrogen-bond donors (Lipinski definition) is 1. The van der Waals surface area contributed by atoms with Crippen LogP contribution in [-0.4, -0.2) is 11.6 Å². The predicted octanol–water partition coefficient (Wildman–Crippen LogP) is 7.91. The maximum absolute atomic E-state index is 5.99. The average Bonchev–Trinajstić information content (AvgIpc) is 3.03. The van der Waals surface area contributed by atoms with Gasteiger partial charge in [-0.1, -0.05) is 50.0 Å². The molecule has 0 radical (unpaired) electrons. The molecular weight excluding hydrogens is 354 g/mol. The summed E-state index contributed by atoms with van der Waals surface area (Å²) in [6, 6.07) is 0. The lowest BCUT2D eigenvalue weighted by molar-refractivity contribution is 0.232. The Hall–Kier alpha value is -2.22. The fourth-order valence-electron chi connectivity index (χ4n) is 4.42. The smallest absolute Gasteiger partial charge is 0.109 e. The van der Waals surface area contributed by atoms with E-state index in [0.717, 1.165) is 18.6 Å². The Bertz CT molecular complexity index is 906. The zero-order valence-electron chi connectivity index (χ0n) is 19.2. The van der Waals surface area contributed by atoms with Crippen LogP contribution in [-0.2, 0) is 11.2 Å². The number of aromatic amines is 1. The largest absolute Gasteiger partial charge is 0.493 e. The Kier molecular flexibility index (Phi) is 7.05. The molecule has 1 aliphatic carbocycles. The first kappa shape index (κ1) is 21.5. The standard InChI is InChI=1S/C27H37NO/c1-7-9-22(10-8-2)14-24-16-28-26-12-11-18(3)13-23(15-25(24)26)27-20(5)19(4)17-29-21(27)6/h13-16,28H,7-12,17H2,1-6H3. The molecule has 1 aliphatic heterocycles. The molecule has 1 N–H and O–H groups in total. The molecule has 29 heavy (non-hydrogen) atoms. The fourth-order valence-corrected chi connectivity index (χ4v) is 4.42. The summed E-state index contributed by atoms with van der Waals surface area (Å²) >= 11 is 0. The Morgan fingerprint density at radius 1 is 1.03 bits per heavy atom. The molecule has 2 heterocycles. The molecule has 0 saturated heterocycles. The van der Waals surface area contributed by atoms with E-state index in [1.807, 2.05) is 0 Å². The maximum Gasteiger partial charge on any atom is 0.109 e. The highest BCUT2D eigenvalue weighted by Gasteiger charge is 2.20. The Labute approximate surface area is 177 Å². The molecule has 2 heteroatoms. The first-order chi connectivity index (χ1) is 13.9. The van der Waals surface area contributed by atoms with Crippen molar-refractivity contribution in [3.05, 3.63) is 68.3 Å². The van der Waals surface area contributed by atoms with E-state index in [2.05, 4.69) is 71.0 Å². The lowest BCUT2D eigenvalue weighted by atomic mass is 9.87. The summed E-state index contributed by atoms with van der Waals surface area (Å²) in [6.45, 7) is 14.0. The minimum atomic E-state index is 0.706. The van der Waals surface area contributed by atoms with Gasteiger partial charge in [0.25, 0.3) is 0 Å². The molecule has 0 spiro atoms. The second-order valence-corrected chi connectivity index (χ2v) is 8.65. The third kappa shape index (κ3) is 4.86. The van der Waals surface area contributed by atoms with Crippen molar-refractivity contribution in [1.82, 2.24) is 4.98 Å². The monoisotopic (exact) mass is 391 g/mol. The van der Waals surface area contributed by atoms with Crippen molar-refractivity contribution in [2.75, 3.05) is 6.61 Å². The van der Waals surface area contributed by atoms with Gasteiger partial charge >= 0.3 is 0 Å². The molecule has 2 nitrogen and oxygen atoms in total. The van der Waals surface area contributed by atoms with Crippen LogP contribution in [0.3, 0.4) is 0 Å². The molecule has 2 aliphatic rings. The molecule has 1 aromatic rings. The van der Waals surface area contributed by atoms with Gasteiger partial charge < -0.3 is 9.72 Å². The number of aromatic nitrogens is 1. The molecule has 156 valence electrons. The van der Waals surface area contributed by atoms with Crippen LogP contribution in [0, 0.1) is 0 Å². The summed E-state index contributed by atoms with van der Waals surface area (Å²) in [5.41, 5.74) is 12.2. The van der Waals surface area contributed by atoms with Crippen LogP contribution in [0.2, 0.25) is 0 Å². The highest BCUT2D eigenvalue weighted by molar-refractivity contribution is 5.75. The van der Waals surface area contributed by atoms with Crippen LogP contribution in [0.5, 0.6) is 0 Å². The zero-order chi connectivity index (χ0) is 21.0. The summed E-state index contributed by atoms with van der Waals surface area (Å²) in [7, 11) is 0. The first-order valence-corrected chi connectivity index (χ1v) is 11.2. The van der Waals surface area contributed by atoms with Crippen molar-refractivity contribution < 1.29 is 4.74 Å². The lowest BCUT2D eigenvalue weighted by Gasteiger charge is -2.24. The van der Waals surface area contributed by atoms with Gasteiger partial charge in [-0.05, 0) is 81.7 Å². The third-order valence-corrected chi connectivity index (χ3v) is 6.17. The average molecular weight is 392 g/mol. The van der Waals surface area contributed by atoms with E-state index in [1.54, 1.807) is 5.57 Å². The van der Waals surface area contributed by atoms with E-state index in [0.29, 0.717) is 6.61 Å². The fraction of sp³-hybridized carbons (Fsp3) is 0.481. The van der Waals surface area contributed by atoms with E-state index < -0.39 is 0 Å². The number of nitrogens with one attached hydrogen (secondary N) is 1. The van der Waals surface area contributed by atoms with Crippen LogP contribution >= 0.6 is 0 Å². The van der Waals surface area contributed by atoms with Crippen LogP contribution in [0.4, 0.5) is 0 Å². The Morgan fingerprint density at radius 2 is 1.76 bits per heavy atom. The predicted molar refractivity (Wildman–Crippen MR) is 126 cm³/mol. The minimum Gasteiger partial charge on any atom is -0.493 e. The van der Waals surface area contributed by atoms with Gasteiger partial charge in [-0.15, -0.1) is 0 Å². The van der Waals surface area contributed by atoms with Crippen molar-refractivity contribution in [3.63, 3.8) is 0 Å². The van der Waals surface area contributed by atoms with Crippen LogP contribution in [0.1, 0.15) is 90.5 Å². The van der Waals surface area contributed by atoms with E-state index >= 15 is 0 Å². The summed E-state index contributed by atoms with van der Waals surface area (Å²) in [6.07, 6.45) is 16.3. The third-order valence-electron chi connectivity index (χ3n) is 6.17. The second kappa shape index (κ2) is 9.52. The summed E-state index contributed by atoms with van der Waals surface area (Å²) in [4.78, 5) is 3.58. The number of hydrogen-bond acceptors (Lipinski definition) is 1. The Morgan fingerprint density at radius 3 is 2.45 bits per heavy atom. The second-order valence-electron chi connectivity index (χ2n) is 8.65. The van der Waals surface area contributed by atoms with Gasteiger partial charge in [0.05, 0.1) is 0 Å². The van der Waals surface area contributed by atoms with Gasteiger partial charge in [0.15, 0.2) is 0 Å². The van der Waals surface area contributed by atoms with Crippen LogP contribution in [0.15, 0.2) is 51.5 Å². The van der Waals surface area contributed by atoms with E-state index in [1.165, 1.54) is 70.4 Å². The topological polar surface area (TPSA) is 25.0 Å². The highest BCUT2D eigenvalue weighted by atomic mass is 16.5. The Balaban J connectivity index is 2.14. The maximum atomic E-state index is 5.99. The van der Waals surface area contributed by atoms with Gasteiger partial charge in [0.1, 0.15) is 12.4 Å². The molecule has 0 amide bonds. The number of ether oxygens (including phenoxy) is 1. The zero-order valence-corrected chi connectivity index (χ0v) is 19.2. The summed E-state index contributed by atoms with van der Waals surface area (Å²) < 4.78 is 5.99. The number of allylic oxidation sites excluding steroid dienone is 7. The van der Waals surface area contributed by atoms with Gasteiger partial charge in [-0.2, -0.15) is 0 Å². The van der Waals surface area contributed by atoms with E-state index in [9.17, 15) is 0 Å². The minimum absolute atomic E-state index is 0.706. The molecule has 0 atom stereocenters. The van der Waals surface area contributed by atoms with Gasteiger partial charge in [-0.3, -0.25) is 0 Å². The van der Waals surface area contributed by atoms with Gasteiger partial charge in [0, 0.05) is 23.0 Å². The molecular formula is C27H37NO. The van der Waals surface area contributed by atoms with Crippen molar-refractivity contribution in [1.29, 1.82) is 0 Å². The summed E-state index contributed by atoms with van der Waals surface area (Å²) in [5.74, 6) is 1.04. The molecule has 0 aromatic carbocycles. The van der Waals surface area contributed by atoms with Gasteiger partial charge in [-0.25, -0.2) is 0 Å². The van der Waals surface area contributed by atoms with Gasteiger partial charge in [0.2, 0.25) is 0 Å². The number of rotatable bonds is 6. The van der Waals surface area contributed by atoms with E-state index in [4.69, 9.17) is 4.74 Å². The summed E-state index contributed by atoms with van der Waals surface area (Å²) in [5, 5.41) is 0. The lowest BCUT2D eigenvalue weighted by Crippen LogP contribution is -2.10. The van der Waals surface area contributed by atoms with Crippen LogP contribution < -0.4 is 0 Å².